The molecule has 0 saturated heterocycles. The van der Waals surface area contributed by atoms with Crippen LogP contribution in [0.25, 0.3) is 0 Å². The van der Waals surface area contributed by atoms with Crippen LogP contribution in [0.1, 0.15) is 35.7 Å². The van der Waals surface area contributed by atoms with Gasteiger partial charge in [-0.1, -0.05) is 0 Å². The van der Waals surface area contributed by atoms with Crippen LogP contribution in [0.4, 0.5) is 5.69 Å². The van der Waals surface area contributed by atoms with Gasteiger partial charge in [0.05, 0.1) is 5.56 Å². The fraction of sp³-hybridized carbons (Fsp3) is 0.375. The second-order valence-electron chi connectivity index (χ2n) is 5.22. The Morgan fingerprint density at radius 1 is 1.00 bits per heavy atom. The lowest BCUT2D eigenvalue weighted by Crippen LogP contribution is -2.33. The van der Waals surface area contributed by atoms with Gasteiger partial charge < -0.3 is 21.1 Å². The molecular weight excluding hydrogens is 314 g/mol. The summed E-state index contributed by atoms with van der Waals surface area (Å²) in [6, 6.07) is 4.48. The predicted octanol–water partition coefficient (Wildman–Crippen LogP) is 0.664. The molecule has 0 fully saturated rings. The quantitative estimate of drug-likeness (QED) is 0.520. The number of carbonyl (C=O) groups is 4. The zero-order chi connectivity index (χ0) is 18.1. The van der Waals surface area contributed by atoms with E-state index < -0.39 is 5.97 Å². The Kier molecular flexibility index (Phi) is 7.41. The first-order valence-electron chi connectivity index (χ1n) is 7.44. The number of carbonyl (C=O) groups excluding carboxylic acids is 3. The number of rotatable bonds is 8. The van der Waals surface area contributed by atoms with Crippen LogP contribution in [0.15, 0.2) is 18.2 Å². The van der Waals surface area contributed by atoms with Crippen molar-refractivity contribution in [2.75, 3.05) is 18.4 Å². The lowest BCUT2D eigenvalue weighted by molar-refractivity contribution is -0.124. The fourth-order valence-electron chi connectivity index (χ4n) is 1.96. The van der Waals surface area contributed by atoms with Crippen molar-refractivity contribution in [1.82, 2.24) is 10.6 Å². The second-order valence-corrected chi connectivity index (χ2v) is 5.22. The molecule has 8 nitrogen and oxygen atoms in total. The molecular formula is C16H21N3O5. The molecule has 8 heteroatoms. The molecule has 0 atom stereocenters. The van der Waals surface area contributed by atoms with Crippen LogP contribution in [0.5, 0.6) is 0 Å². The van der Waals surface area contributed by atoms with Gasteiger partial charge in [0, 0.05) is 38.5 Å². The highest BCUT2D eigenvalue weighted by atomic mass is 16.4. The van der Waals surface area contributed by atoms with E-state index in [1.54, 1.807) is 13.0 Å². The highest BCUT2D eigenvalue weighted by molar-refractivity contribution is 5.94. The Hall–Kier alpha value is -2.90. The van der Waals surface area contributed by atoms with Crippen LogP contribution < -0.4 is 16.0 Å². The van der Waals surface area contributed by atoms with E-state index in [9.17, 15) is 19.2 Å². The Balaban J connectivity index is 2.36. The van der Waals surface area contributed by atoms with Crippen LogP contribution >= 0.6 is 0 Å². The van der Waals surface area contributed by atoms with E-state index in [1.165, 1.54) is 19.1 Å². The van der Waals surface area contributed by atoms with Gasteiger partial charge >= 0.3 is 5.97 Å². The number of amides is 3. The number of aromatic carboxylic acids is 1. The molecule has 4 N–H and O–H groups in total. The first-order chi connectivity index (χ1) is 11.3. The average molecular weight is 335 g/mol. The zero-order valence-corrected chi connectivity index (χ0v) is 13.6. The molecule has 24 heavy (non-hydrogen) atoms. The Morgan fingerprint density at radius 3 is 2.21 bits per heavy atom. The topological polar surface area (TPSA) is 125 Å². The number of carboxylic acids is 1. The van der Waals surface area contributed by atoms with Crippen molar-refractivity contribution in [1.29, 1.82) is 0 Å². The summed E-state index contributed by atoms with van der Waals surface area (Å²) in [5, 5.41) is 16.7. The molecule has 1 aromatic carbocycles. The van der Waals surface area contributed by atoms with E-state index in [-0.39, 0.29) is 36.1 Å². The molecule has 0 radical (unpaired) electrons. The molecule has 1 rings (SSSR count). The number of nitrogens with one attached hydrogen (secondary N) is 3. The molecule has 0 aliphatic rings. The smallest absolute Gasteiger partial charge is 0.335 e. The van der Waals surface area contributed by atoms with Gasteiger partial charge in [-0.3, -0.25) is 14.4 Å². The van der Waals surface area contributed by atoms with Gasteiger partial charge in [-0.15, -0.1) is 0 Å². The van der Waals surface area contributed by atoms with Gasteiger partial charge in [-0.05, 0) is 30.7 Å². The summed E-state index contributed by atoms with van der Waals surface area (Å²) in [5.74, 6) is -1.82. The third kappa shape index (κ3) is 6.91. The maximum atomic E-state index is 11.8. The summed E-state index contributed by atoms with van der Waals surface area (Å²) < 4.78 is 0. The molecule has 0 spiro atoms. The molecule has 0 bridgehead atoms. The summed E-state index contributed by atoms with van der Waals surface area (Å²) >= 11 is 0. The van der Waals surface area contributed by atoms with Gasteiger partial charge in [0.1, 0.15) is 0 Å². The van der Waals surface area contributed by atoms with Crippen LogP contribution in [0.3, 0.4) is 0 Å². The predicted molar refractivity (Wildman–Crippen MR) is 87.7 cm³/mol. The lowest BCUT2D eigenvalue weighted by Gasteiger charge is -2.08. The van der Waals surface area contributed by atoms with Crippen LogP contribution in [-0.2, 0) is 14.4 Å². The average Bonchev–Trinajstić information content (AvgIpc) is 2.49. The molecule has 0 aromatic heterocycles. The van der Waals surface area contributed by atoms with Gasteiger partial charge in [-0.2, -0.15) is 0 Å². The zero-order valence-electron chi connectivity index (χ0n) is 13.6. The first kappa shape index (κ1) is 19.1. The number of hydrogen-bond acceptors (Lipinski definition) is 4. The first-order valence-corrected chi connectivity index (χ1v) is 7.44. The molecule has 1 aromatic rings. The summed E-state index contributed by atoms with van der Waals surface area (Å²) in [7, 11) is 0. The fourth-order valence-corrected chi connectivity index (χ4v) is 1.96. The standard InChI is InChI=1S/C16H21N3O5/c1-10-9-12(3-4-13(10)16(23)24)19-15(22)6-5-14(21)18-8-7-17-11(2)20/h3-4,9H,5-8H2,1-2H3,(H,17,20)(H,18,21)(H,19,22)(H,23,24). The highest BCUT2D eigenvalue weighted by Gasteiger charge is 2.10. The Labute approximate surface area is 139 Å². The van der Waals surface area contributed by atoms with E-state index in [1.807, 2.05) is 0 Å². The molecule has 130 valence electrons. The summed E-state index contributed by atoms with van der Waals surface area (Å²) in [5.41, 5.74) is 1.19. The van der Waals surface area contributed by atoms with Crippen LogP contribution in [0, 0.1) is 6.92 Å². The van der Waals surface area contributed by atoms with E-state index in [0.29, 0.717) is 24.3 Å². The minimum absolute atomic E-state index is 0.00565. The normalized spacial score (nSPS) is 9.92. The summed E-state index contributed by atoms with van der Waals surface area (Å²) in [4.78, 5) is 44.9. The maximum absolute atomic E-state index is 11.8. The number of carboxylic acid groups (broad SMARTS) is 1. The molecule has 0 heterocycles. The van der Waals surface area contributed by atoms with Crippen molar-refractivity contribution in [3.63, 3.8) is 0 Å². The van der Waals surface area contributed by atoms with Gasteiger partial charge in [-0.25, -0.2) is 4.79 Å². The minimum atomic E-state index is -1.03. The molecule has 3 amide bonds. The third-order valence-electron chi connectivity index (χ3n) is 3.14. The van der Waals surface area contributed by atoms with Crippen molar-refractivity contribution in [3.8, 4) is 0 Å². The minimum Gasteiger partial charge on any atom is -0.478 e. The van der Waals surface area contributed by atoms with Crippen LogP contribution in [0.2, 0.25) is 0 Å². The second kappa shape index (κ2) is 9.29. The largest absolute Gasteiger partial charge is 0.478 e. The molecule has 0 saturated carbocycles. The van der Waals surface area contributed by atoms with E-state index >= 15 is 0 Å². The third-order valence-corrected chi connectivity index (χ3v) is 3.14. The van der Waals surface area contributed by atoms with E-state index in [0.717, 1.165) is 0 Å². The van der Waals surface area contributed by atoms with Gasteiger partial charge in [0.25, 0.3) is 0 Å². The molecule has 0 unspecified atom stereocenters. The van der Waals surface area contributed by atoms with E-state index in [2.05, 4.69) is 16.0 Å². The summed E-state index contributed by atoms with van der Waals surface area (Å²) in [6.45, 7) is 3.66. The number of hydrogen-bond donors (Lipinski definition) is 4. The summed E-state index contributed by atoms with van der Waals surface area (Å²) in [6.07, 6.45) is 0.0315. The SMILES string of the molecule is CC(=O)NCCNC(=O)CCC(=O)Nc1ccc(C(=O)O)c(C)c1. The van der Waals surface area contributed by atoms with Crippen molar-refractivity contribution in [2.24, 2.45) is 0 Å². The number of aryl methyl sites for hydroxylation is 1. The Bertz CT molecular complexity index is 643. The monoisotopic (exact) mass is 335 g/mol. The molecule has 0 aliphatic heterocycles. The van der Waals surface area contributed by atoms with Crippen molar-refractivity contribution >= 4 is 29.4 Å². The van der Waals surface area contributed by atoms with Gasteiger partial charge in [0.2, 0.25) is 17.7 Å². The maximum Gasteiger partial charge on any atom is 0.335 e. The molecule has 0 aliphatic carbocycles. The van der Waals surface area contributed by atoms with Crippen molar-refractivity contribution in [3.05, 3.63) is 29.3 Å². The number of anilines is 1. The highest BCUT2D eigenvalue weighted by Crippen LogP contribution is 2.15. The van der Waals surface area contributed by atoms with Gasteiger partial charge in [0.15, 0.2) is 0 Å². The number of benzene rings is 1. The van der Waals surface area contributed by atoms with Crippen molar-refractivity contribution < 1.29 is 24.3 Å². The van der Waals surface area contributed by atoms with Crippen LogP contribution in [-0.4, -0.2) is 41.9 Å². The Morgan fingerprint density at radius 2 is 1.62 bits per heavy atom. The lowest BCUT2D eigenvalue weighted by atomic mass is 10.1. The van der Waals surface area contributed by atoms with Crippen molar-refractivity contribution in [2.45, 2.75) is 26.7 Å². The van der Waals surface area contributed by atoms with E-state index in [4.69, 9.17) is 5.11 Å².